The Kier molecular flexibility index (Phi) is 3.80. The fourth-order valence-electron chi connectivity index (χ4n) is 3.62. The maximum Gasteiger partial charge on any atom is 0.258 e. The van der Waals surface area contributed by atoms with Crippen LogP contribution in [0.25, 0.3) is 11.1 Å². The van der Waals surface area contributed by atoms with Gasteiger partial charge in [0, 0.05) is 36.8 Å². The number of aryl methyl sites for hydroxylation is 1. The zero-order valence-electron chi connectivity index (χ0n) is 15.6. The van der Waals surface area contributed by atoms with E-state index in [2.05, 4.69) is 32.2 Å². The summed E-state index contributed by atoms with van der Waals surface area (Å²) in [6, 6.07) is 0. The van der Waals surface area contributed by atoms with Crippen molar-refractivity contribution in [1.82, 2.24) is 24.8 Å². The van der Waals surface area contributed by atoms with Gasteiger partial charge in [0.1, 0.15) is 17.9 Å². The standard InChI is InChI=1S/C19H19ClN6O2/c1-10-13(14-15(25-19(2)4-5-19)22-9-23-16(14)28-10)17(27)26-6-3-12-11(8-26)7-21-18(20)24-12/h7,9H,3-6,8H2,1-2H3,(H,22,23,25). The summed E-state index contributed by atoms with van der Waals surface area (Å²) in [5.74, 6) is 1.09. The molecule has 0 aromatic carbocycles. The topological polar surface area (TPSA) is 97.0 Å². The van der Waals surface area contributed by atoms with Gasteiger partial charge in [-0.3, -0.25) is 4.79 Å². The van der Waals surface area contributed by atoms with Gasteiger partial charge in [-0.05, 0) is 38.3 Å². The molecule has 2 aliphatic rings. The summed E-state index contributed by atoms with van der Waals surface area (Å²) in [4.78, 5) is 32.1. The number of nitrogens with zero attached hydrogens (tertiary/aromatic N) is 5. The Morgan fingerprint density at radius 3 is 2.93 bits per heavy atom. The van der Waals surface area contributed by atoms with Gasteiger partial charge >= 0.3 is 0 Å². The van der Waals surface area contributed by atoms with Crippen LogP contribution in [-0.4, -0.2) is 42.8 Å². The highest BCUT2D eigenvalue weighted by Crippen LogP contribution is 2.40. The van der Waals surface area contributed by atoms with Gasteiger partial charge in [-0.15, -0.1) is 0 Å². The fraction of sp³-hybridized carbons (Fsp3) is 0.421. The molecule has 1 N–H and O–H groups in total. The zero-order valence-corrected chi connectivity index (χ0v) is 16.4. The van der Waals surface area contributed by atoms with Gasteiger partial charge in [0.25, 0.3) is 5.91 Å². The average molecular weight is 399 g/mol. The van der Waals surface area contributed by atoms with Crippen LogP contribution in [0.15, 0.2) is 16.9 Å². The third-order valence-corrected chi connectivity index (χ3v) is 5.67. The fourth-order valence-corrected chi connectivity index (χ4v) is 3.77. The van der Waals surface area contributed by atoms with Crippen molar-refractivity contribution in [2.45, 2.75) is 45.2 Å². The SMILES string of the molecule is Cc1oc2ncnc(NC3(C)CC3)c2c1C(=O)N1CCc2nc(Cl)ncc2C1. The normalized spacial score (nSPS) is 17.5. The van der Waals surface area contributed by atoms with Crippen LogP contribution in [0.2, 0.25) is 5.28 Å². The summed E-state index contributed by atoms with van der Waals surface area (Å²) in [7, 11) is 0. The van der Waals surface area contributed by atoms with Gasteiger partial charge in [-0.25, -0.2) is 19.9 Å². The predicted molar refractivity (Wildman–Crippen MR) is 103 cm³/mol. The zero-order chi connectivity index (χ0) is 19.5. The van der Waals surface area contributed by atoms with Crippen LogP contribution >= 0.6 is 11.6 Å². The second kappa shape index (κ2) is 6.13. The number of amides is 1. The van der Waals surface area contributed by atoms with Crippen LogP contribution < -0.4 is 5.32 Å². The molecule has 0 spiro atoms. The van der Waals surface area contributed by atoms with Crippen molar-refractivity contribution in [3.63, 3.8) is 0 Å². The van der Waals surface area contributed by atoms with Gasteiger partial charge in [0.15, 0.2) is 0 Å². The van der Waals surface area contributed by atoms with E-state index in [-0.39, 0.29) is 16.7 Å². The monoisotopic (exact) mass is 398 g/mol. The molecule has 3 aromatic rings. The van der Waals surface area contributed by atoms with E-state index in [9.17, 15) is 4.79 Å². The summed E-state index contributed by atoms with van der Waals surface area (Å²) >= 11 is 5.88. The van der Waals surface area contributed by atoms with Crippen LogP contribution in [-0.2, 0) is 13.0 Å². The molecule has 5 rings (SSSR count). The minimum absolute atomic E-state index is 0.0213. The lowest BCUT2D eigenvalue weighted by molar-refractivity contribution is 0.0733. The minimum Gasteiger partial charge on any atom is -0.442 e. The van der Waals surface area contributed by atoms with E-state index in [0.717, 1.165) is 24.1 Å². The van der Waals surface area contributed by atoms with E-state index in [1.54, 1.807) is 18.0 Å². The van der Waals surface area contributed by atoms with Gasteiger partial charge in [0.05, 0.1) is 16.6 Å². The second-order valence-corrected chi connectivity index (χ2v) is 8.05. The molecule has 1 amide bonds. The third kappa shape index (κ3) is 2.88. The molecule has 1 saturated carbocycles. The molecule has 0 atom stereocenters. The van der Waals surface area contributed by atoms with E-state index >= 15 is 0 Å². The van der Waals surface area contributed by atoms with Gasteiger partial charge in [-0.1, -0.05) is 0 Å². The molecule has 0 bridgehead atoms. The van der Waals surface area contributed by atoms with Crippen LogP contribution in [0.5, 0.6) is 0 Å². The Morgan fingerprint density at radius 2 is 2.14 bits per heavy atom. The number of carbonyl (C=O) groups is 1. The van der Waals surface area contributed by atoms with Crippen LogP contribution in [0.3, 0.4) is 0 Å². The van der Waals surface area contributed by atoms with E-state index in [0.29, 0.717) is 47.8 Å². The first-order chi connectivity index (χ1) is 13.4. The lowest BCUT2D eigenvalue weighted by Crippen LogP contribution is -2.36. The number of hydrogen-bond acceptors (Lipinski definition) is 7. The molecule has 1 aliphatic heterocycles. The molecule has 28 heavy (non-hydrogen) atoms. The number of furan rings is 1. The molecule has 0 unspecified atom stereocenters. The summed E-state index contributed by atoms with van der Waals surface area (Å²) in [5, 5.41) is 4.33. The number of rotatable bonds is 3. The van der Waals surface area contributed by atoms with Crippen molar-refractivity contribution in [1.29, 1.82) is 0 Å². The maximum atomic E-state index is 13.4. The van der Waals surface area contributed by atoms with Gasteiger partial charge in [0.2, 0.25) is 11.0 Å². The van der Waals surface area contributed by atoms with Crippen molar-refractivity contribution in [3.05, 3.63) is 40.4 Å². The molecule has 144 valence electrons. The van der Waals surface area contributed by atoms with E-state index in [1.165, 1.54) is 6.33 Å². The maximum absolute atomic E-state index is 13.4. The number of fused-ring (bicyclic) bond motifs is 2. The molecular weight excluding hydrogens is 380 g/mol. The summed E-state index contributed by atoms with van der Waals surface area (Å²) in [6.45, 7) is 4.92. The number of nitrogens with one attached hydrogen (secondary N) is 1. The molecule has 4 heterocycles. The lowest BCUT2D eigenvalue weighted by Gasteiger charge is -2.28. The summed E-state index contributed by atoms with van der Waals surface area (Å²) in [6.07, 6.45) is 5.94. The first kappa shape index (κ1) is 17.4. The van der Waals surface area contributed by atoms with Crippen molar-refractivity contribution < 1.29 is 9.21 Å². The molecule has 1 fully saturated rings. The van der Waals surface area contributed by atoms with Crippen LogP contribution in [0.4, 0.5) is 5.82 Å². The second-order valence-electron chi connectivity index (χ2n) is 7.71. The molecule has 3 aromatic heterocycles. The van der Waals surface area contributed by atoms with E-state index < -0.39 is 0 Å². The van der Waals surface area contributed by atoms with Crippen LogP contribution in [0.1, 0.15) is 47.1 Å². The van der Waals surface area contributed by atoms with Crippen LogP contribution in [0, 0.1) is 6.92 Å². The smallest absolute Gasteiger partial charge is 0.258 e. The quantitative estimate of drug-likeness (QED) is 0.677. The third-order valence-electron chi connectivity index (χ3n) is 5.49. The molecule has 9 heteroatoms. The Labute approximate surface area is 166 Å². The van der Waals surface area contributed by atoms with Crippen molar-refractivity contribution in [3.8, 4) is 0 Å². The first-order valence-electron chi connectivity index (χ1n) is 9.25. The number of aromatic nitrogens is 4. The molecule has 0 radical (unpaired) electrons. The molecule has 8 nitrogen and oxygen atoms in total. The van der Waals surface area contributed by atoms with Crippen molar-refractivity contribution >= 4 is 34.4 Å². The van der Waals surface area contributed by atoms with Gasteiger partial charge in [-0.2, -0.15) is 0 Å². The Morgan fingerprint density at radius 1 is 1.32 bits per heavy atom. The summed E-state index contributed by atoms with van der Waals surface area (Å²) < 4.78 is 5.79. The number of anilines is 1. The Balaban J connectivity index is 1.53. The van der Waals surface area contributed by atoms with Crippen molar-refractivity contribution in [2.75, 3.05) is 11.9 Å². The lowest BCUT2D eigenvalue weighted by atomic mass is 10.0. The average Bonchev–Trinajstić information content (AvgIpc) is 3.29. The first-order valence-corrected chi connectivity index (χ1v) is 9.63. The Bertz CT molecular complexity index is 1110. The number of halogens is 1. The van der Waals surface area contributed by atoms with E-state index in [1.807, 2.05) is 0 Å². The largest absolute Gasteiger partial charge is 0.442 e. The molecule has 0 saturated heterocycles. The Hall–Kier alpha value is -2.74. The van der Waals surface area contributed by atoms with Crippen molar-refractivity contribution in [2.24, 2.45) is 0 Å². The van der Waals surface area contributed by atoms with E-state index in [4.69, 9.17) is 16.0 Å². The molecular formula is C19H19ClN6O2. The number of carbonyl (C=O) groups excluding carboxylic acids is 1. The minimum atomic E-state index is -0.101. The predicted octanol–water partition coefficient (Wildman–Crippen LogP) is 3.14. The highest BCUT2D eigenvalue weighted by molar-refractivity contribution is 6.28. The summed E-state index contributed by atoms with van der Waals surface area (Å²) in [5.41, 5.74) is 2.77. The number of hydrogen-bond donors (Lipinski definition) is 1. The van der Waals surface area contributed by atoms with Gasteiger partial charge < -0.3 is 14.6 Å². The highest BCUT2D eigenvalue weighted by atomic mass is 35.5. The highest BCUT2D eigenvalue weighted by Gasteiger charge is 2.39. The molecule has 1 aliphatic carbocycles.